The quantitative estimate of drug-likeness (QED) is 0.251. The number of fused-ring (bicyclic) bond motifs is 4. The second kappa shape index (κ2) is 10.9. The van der Waals surface area contributed by atoms with E-state index in [0.29, 0.717) is 75.2 Å². The van der Waals surface area contributed by atoms with E-state index in [4.69, 9.17) is 4.98 Å². The number of halogens is 2. The molecule has 4 aromatic rings. The van der Waals surface area contributed by atoms with Crippen molar-refractivity contribution in [3.63, 3.8) is 0 Å². The van der Waals surface area contributed by atoms with Crippen LogP contribution in [0.2, 0.25) is 0 Å². The van der Waals surface area contributed by atoms with Crippen molar-refractivity contribution >= 4 is 45.2 Å². The number of pyridine rings is 1. The van der Waals surface area contributed by atoms with E-state index in [1.807, 2.05) is 13.0 Å². The largest absolute Gasteiger partial charge is 0.349 e. The predicted octanol–water partition coefficient (Wildman–Crippen LogP) is 6.21. The molecule has 7 rings (SSSR count). The SMILES string of the molecule is CCN(C)C1(C)CN(c2nc3c(F)c(-c4c(C)c(F)cc5[nH]ncc45)c(C)cc3c3c2N=N/[N+]3=C/C2CCN[C@H](CC#N)C2)C1. The maximum Gasteiger partial charge on any atom is 0.295 e. The molecule has 0 bridgehead atoms. The molecule has 2 aromatic carbocycles. The standard InChI is InChI=1S/C33H37F2N10/c1-6-43(5)33(4)16-44(17-33)32-30-31(45(42-41-30)15-20-8-10-37-21(12-20)7-9-36)22-11-18(2)26(28(35)29(22)39-32)27-19(3)24(34)13-25-23(27)14-38-40-25/h11,13-15,20-21,37H,6-8,10,12,16-17H2,1-5H3,(H,38,40)/q+1/b45-15+/t20?,21-/m1/s1. The van der Waals surface area contributed by atoms with Crippen molar-refractivity contribution < 1.29 is 13.5 Å². The van der Waals surface area contributed by atoms with Gasteiger partial charge in [0.25, 0.3) is 5.69 Å². The number of likely N-dealkylation sites (N-methyl/N-ethyl adjacent to an activating group) is 1. The maximum atomic E-state index is 17.1. The Morgan fingerprint density at radius 2 is 2.02 bits per heavy atom. The number of piperidine rings is 1. The van der Waals surface area contributed by atoms with Crippen molar-refractivity contribution in [2.75, 3.05) is 38.1 Å². The fourth-order valence-corrected chi connectivity index (χ4v) is 7.22. The van der Waals surface area contributed by atoms with Crippen LogP contribution in [0.5, 0.6) is 0 Å². The Kier molecular flexibility index (Phi) is 7.13. The van der Waals surface area contributed by atoms with E-state index < -0.39 is 11.6 Å². The van der Waals surface area contributed by atoms with Gasteiger partial charge in [-0.2, -0.15) is 10.4 Å². The highest BCUT2D eigenvalue weighted by Gasteiger charge is 2.46. The summed E-state index contributed by atoms with van der Waals surface area (Å²) in [5.74, 6) is -0.189. The number of hydrogen-bond donors (Lipinski definition) is 2. The molecular formula is C33H37F2N10+. The van der Waals surface area contributed by atoms with Crippen molar-refractivity contribution in [1.29, 1.82) is 5.26 Å². The van der Waals surface area contributed by atoms with Gasteiger partial charge >= 0.3 is 0 Å². The number of aryl methyl sites for hydroxylation is 1. The number of aromatic amines is 1. The molecule has 3 aliphatic heterocycles. The van der Waals surface area contributed by atoms with Gasteiger partial charge in [-0.15, -0.1) is 4.68 Å². The molecule has 0 radical (unpaired) electrons. The van der Waals surface area contributed by atoms with Crippen LogP contribution in [-0.4, -0.2) is 75.8 Å². The molecule has 0 spiro atoms. The minimum absolute atomic E-state index is 0.0484. The second-order valence-corrected chi connectivity index (χ2v) is 12.9. The van der Waals surface area contributed by atoms with Gasteiger partial charge in [0.05, 0.1) is 40.2 Å². The number of aromatic nitrogens is 3. The molecule has 0 aliphatic carbocycles. The summed E-state index contributed by atoms with van der Waals surface area (Å²) in [5, 5.41) is 30.0. The highest BCUT2D eigenvalue weighted by molar-refractivity contribution is 6.04. The number of hydrogen-bond acceptors (Lipinski definition) is 8. The van der Waals surface area contributed by atoms with Gasteiger partial charge in [-0.3, -0.25) is 10.00 Å². The molecule has 5 heterocycles. The number of nitrogens with zero attached hydrogens (tertiary/aromatic N) is 8. The first-order chi connectivity index (χ1) is 21.6. The summed E-state index contributed by atoms with van der Waals surface area (Å²) in [7, 11) is 2.11. The molecule has 3 aliphatic rings. The molecule has 12 heteroatoms. The molecule has 2 aromatic heterocycles. The lowest BCUT2D eigenvalue weighted by molar-refractivity contribution is -0.442. The Bertz CT molecular complexity index is 1950. The van der Waals surface area contributed by atoms with Crippen LogP contribution in [0.15, 0.2) is 28.7 Å². The normalized spacial score (nSPS) is 21.6. The van der Waals surface area contributed by atoms with E-state index in [9.17, 15) is 5.26 Å². The molecule has 2 atom stereocenters. The highest BCUT2D eigenvalue weighted by Crippen LogP contribution is 2.50. The van der Waals surface area contributed by atoms with Crippen LogP contribution in [0, 0.1) is 42.7 Å². The van der Waals surface area contributed by atoms with Gasteiger partial charge in [-0.05, 0) is 77.0 Å². The minimum Gasteiger partial charge on any atom is -0.349 e. The van der Waals surface area contributed by atoms with Crippen molar-refractivity contribution in [2.24, 2.45) is 16.3 Å². The summed E-state index contributed by atoms with van der Waals surface area (Å²) < 4.78 is 34.0. The van der Waals surface area contributed by atoms with Crippen LogP contribution in [0.3, 0.4) is 0 Å². The lowest BCUT2D eigenvalue weighted by Gasteiger charge is -2.53. The van der Waals surface area contributed by atoms with Crippen LogP contribution in [0.4, 0.5) is 26.0 Å². The van der Waals surface area contributed by atoms with Crippen LogP contribution in [-0.2, 0) is 0 Å². The number of nitriles is 1. The van der Waals surface area contributed by atoms with Crippen LogP contribution in [0.25, 0.3) is 32.9 Å². The second-order valence-electron chi connectivity index (χ2n) is 12.9. The van der Waals surface area contributed by atoms with E-state index in [-0.39, 0.29) is 23.0 Å². The summed E-state index contributed by atoms with van der Waals surface area (Å²) in [6.07, 6.45) is 5.80. The monoisotopic (exact) mass is 611 g/mol. The molecule has 45 heavy (non-hydrogen) atoms. The lowest BCUT2D eigenvalue weighted by Crippen LogP contribution is -2.68. The van der Waals surface area contributed by atoms with Crippen molar-refractivity contribution in [1.82, 2.24) is 25.4 Å². The first-order valence-corrected chi connectivity index (χ1v) is 15.5. The third kappa shape index (κ3) is 4.68. The molecular weight excluding hydrogens is 574 g/mol. The van der Waals surface area contributed by atoms with E-state index in [1.165, 1.54) is 6.07 Å². The zero-order chi connectivity index (χ0) is 31.6. The molecule has 0 amide bonds. The van der Waals surface area contributed by atoms with E-state index in [1.54, 1.807) is 17.8 Å². The zero-order valence-corrected chi connectivity index (χ0v) is 26.2. The van der Waals surface area contributed by atoms with E-state index in [2.05, 4.69) is 68.8 Å². The summed E-state index contributed by atoms with van der Waals surface area (Å²) in [4.78, 5) is 9.41. The van der Waals surface area contributed by atoms with Crippen LogP contribution in [0.1, 0.15) is 44.2 Å². The predicted molar refractivity (Wildman–Crippen MR) is 170 cm³/mol. The molecule has 232 valence electrons. The van der Waals surface area contributed by atoms with Crippen molar-refractivity contribution in [3.05, 3.63) is 41.1 Å². The zero-order valence-electron chi connectivity index (χ0n) is 26.2. The third-order valence-corrected chi connectivity index (χ3v) is 9.99. The van der Waals surface area contributed by atoms with Gasteiger partial charge in [0.1, 0.15) is 22.8 Å². The van der Waals surface area contributed by atoms with Crippen molar-refractivity contribution in [2.45, 2.75) is 58.5 Å². The van der Waals surface area contributed by atoms with Gasteiger partial charge in [0.2, 0.25) is 5.69 Å². The summed E-state index contributed by atoms with van der Waals surface area (Å²) >= 11 is 0. The van der Waals surface area contributed by atoms with Gasteiger partial charge in [0.15, 0.2) is 11.6 Å². The number of H-pyrrole nitrogens is 1. The van der Waals surface area contributed by atoms with Gasteiger partial charge in [0, 0.05) is 41.6 Å². The van der Waals surface area contributed by atoms with Gasteiger partial charge < -0.3 is 10.2 Å². The summed E-state index contributed by atoms with van der Waals surface area (Å²) in [6.45, 7) is 11.0. The number of nitrogens with one attached hydrogen (secondary N) is 2. The average Bonchev–Trinajstić information content (AvgIpc) is 3.64. The molecule has 10 nitrogen and oxygen atoms in total. The summed E-state index contributed by atoms with van der Waals surface area (Å²) in [6, 6.07) is 5.70. The topological polar surface area (TPSA) is 112 Å². The number of anilines is 1. The molecule has 0 saturated carbocycles. The molecule has 1 unspecified atom stereocenters. The smallest absolute Gasteiger partial charge is 0.295 e. The highest BCUT2D eigenvalue weighted by atomic mass is 19.1. The van der Waals surface area contributed by atoms with E-state index >= 15 is 8.78 Å². The first kappa shape index (κ1) is 29.4. The number of rotatable bonds is 6. The maximum absolute atomic E-state index is 17.1. The molecule has 2 fully saturated rings. The minimum atomic E-state index is -0.512. The van der Waals surface area contributed by atoms with Crippen LogP contribution >= 0.6 is 0 Å². The van der Waals surface area contributed by atoms with Crippen molar-refractivity contribution in [3.8, 4) is 17.2 Å². The Balaban J connectivity index is 1.43. The fraction of sp³-hybridized carbons (Fsp3) is 0.455. The first-order valence-electron chi connectivity index (χ1n) is 15.5. The Morgan fingerprint density at radius 1 is 1.22 bits per heavy atom. The van der Waals surface area contributed by atoms with Crippen LogP contribution < -0.4 is 10.2 Å². The lowest BCUT2D eigenvalue weighted by atomic mass is 9.89. The van der Waals surface area contributed by atoms with E-state index in [0.717, 1.165) is 25.9 Å². The number of benzene rings is 2. The third-order valence-electron chi connectivity index (χ3n) is 9.99. The molecule has 2 N–H and O–H groups in total. The Hall–Kier alpha value is -4.34. The average molecular weight is 612 g/mol. The van der Waals surface area contributed by atoms with Gasteiger partial charge in [-0.25, -0.2) is 13.8 Å². The summed E-state index contributed by atoms with van der Waals surface area (Å²) in [5.41, 5.74) is 3.74. The Labute approximate surface area is 260 Å². The Morgan fingerprint density at radius 3 is 2.78 bits per heavy atom. The van der Waals surface area contributed by atoms with Gasteiger partial charge in [-0.1, -0.05) is 6.92 Å². The fourth-order valence-electron chi connectivity index (χ4n) is 7.22. The molecule has 2 saturated heterocycles.